The number of nitrogens with one attached hydrogen (secondary N) is 1. The lowest BCUT2D eigenvalue weighted by Crippen LogP contribution is -2.46. The number of carbonyl (C=O) groups is 1. The molecule has 140 valence electrons. The third-order valence-corrected chi connectivity index (χ3v) is 4.79. The van der Waals surface area contributed by atoms with Crippen molar-refractivity contribution in [2.24, 2.45) is 11.7 Å². The standard InChI is InChI=1S/C17H29N3O2.2ClH/c1-3-13(4-2)16(20-7-5-6-8-20)11-19-17(21)14-9-15(10-18)22-12-14;;/h9,12-13,16H,3-8,10-11,18H2,1-2H3,(H,19,21);2*1H. The Morgan fingerprint density at radius 2 is 1.92 bits per heavy atom. The monoisotopic (exact) mass is 379 g/mol. The van der Waals surface area contributed by atoms with Gasteiger partial charge in [-0.2, -0.15) is 0 Å². The number of amides is 1. The van der Waals surface area contributed by atoms with E-state index < -0.39 is 0 Å². The first-order valence-electron chi connectivity index (χ1n) is 8.49. The van der Waals surface area contributed by atoms with Crippen molar-refractivity contribution in [1.29, 1.82) is 0 Å². The number of nitrogens with zero attached hydrogens (tertiary/aromatic N) is 1. The molecule has 0 aliphatic carbocycles. The highest BCUT2D eigenvalue weighted by atomic mass is 35.5. The second-order valence-electron chi connectivity index (χ2n) is 6.10. The first-order chi connectivity index (χ1) is 10.7. The zero-order valence-electron chi connectivity index (χ0n) is 14.6. The third-order valence-electron chi connectivity index (χ3n) is 4.79. The highest BCUT2D eigenvalue weighted by Crippen LogP contribution is 2.22. The van der Waals surface area contributed by atoms with E-state index in [0.29, 0.717) is 36.4 Å². The Hall–Kier alpha value is -0.750. The summed E-state index contributed by atoms with van der Waals surface area (Å²) in [5, 5.41) is 3.08. The molecular formula is C17H31Cl2N3O2. The number of likely N-dealkylation sites (tertiary alicyclic amines) is 1. The van der Waals surface area contributed by atoms with E-state index in [9.17, 15) is 4.79 Å². The molecule has 5 nitrogen and oxygen atoms in total. The lowest BCUT2D eigenvalue weighted by atomic mass is 9.93. The van der Waals surface area contributed by atoms with Crippen LogP contribution in [0.15, 0.2) is 16.7 Å². The Labute approximate surface area is 157 Å². The van der Waals surface area contributed by atoms with Gasteiger partial charge in [-0.1, -0.05) is 26.7 Å². The van der Waals surface area contributed by atoms with Gasteiger partial charge in [-0.25, -0.2) is 0 Å². The van der Waals surface area contributed by atoms with Gasteiger partial charge in [0, 0.05) is 12.6 Å². The third kappa shape index (κ3) is 5.96. The Bertz CT molecular complexity index is 470. The predicted octanol–water partition coefficient (Wildman–Crippen LogP) is 3.21. The van der Waals surface area contributed by atoms with Gasteiger partial charge in [-0.05, 0) is 37.9 Å². The van der Waals surface area contributed by atoms with Gasteiger partial charge in [-0.15, -0.1) is 24.8 Å². The van der Waals surface area contributed by atoms with Gasteiger partial charge in [0.15, 0.2) is 0 Å². The van der Waals surface area contributed by atoms with Crippen LogP contribution in [0.25, 0.3) is 0 Å². The molecule has 3 N–H and O–H groups in total. The van der Waals surface area contributed by atoms with Gasteiger partial charge < -0.3 is 15.5 Å². The van der Waals surface area contributed by atoms with Crippen LogP contribution in [0.5, 0.6) is 0 Å². The molecule has 1 atom stereocenters. The maximum atomic E-state index is 12.3. The molecule has 24 heavy (non-hydrogen) atoms. The molecule has 0 spiro atoms. The molecule has 2 rings (SSSR count). The quantitative estimate of drug-likeness (QED) is 0.727. The van der Waals surface area contributed by atoms with Crippen LogP contribution in [-0.2, 0) is 6.54 Å². The van der Waals surface area contributed by atoms with E-state index >= 15 is 0 Å². The second kappa shape index (κ2) is 11.7. The van der Waals surface area contributed by atoms with Crippen LogP contribution in [0.2, 0.25) is 0 Å². The molecule has 1 aliphatic heterocycles. The lowest BCUT2D eigenvalue weighted by Gasteiger charge is -2.33. The first-order valence-corrected chi connectivity index (χ1v) is 8.49. The maximum absolute atomic E-state index is 12.3. The fourth-order valence-electron chi connectivity index (χ4n) is 3.41. The van der Waals surface area contributed by atoms with E-state index in [2.05, 4.69) is 24.1 Å². The number of halogens is 2. The summed E-state index contributed by atoms with van der Waals surface area (Å²) in [4.78, 5) is 14.8. The lowest BCUT2D eigenvalue weighted by molar-refractivity contribution is 0.0917. The van der Waals surface area contributed by atoms with Crippen LogP contribution in [0.3, 0.4) is 0 Å². The summed E-state index contributed by atoms with van der Waals surface area (Å²) in [6.45, 7) is 7.80. The van der Waals surface area contributed by atoms with E-state index in [1.54, 1.807) is 6.07 Å². The van der Waals surface area contributed by atoms with Crippen LogP contribution in [0.1, 0.15) is 55.6 Å². The van der Waals surface area contributed by atoms with Crippen LogP contribution >= 0.6 is 24.8 Å². The molecule has 1 fully saturated rings. The largest absolute Gasteiger partial charge is 0.467 e. The van der Waals surface area contributed by atoms with Crippen molar-refractivity contribution in [1.82, 2.24) is 10.2 Å². The number of hydrogen-bond donors (Lipinski definition) is 2. The Balaban J connectivity index is 0.00000264. The Morgan fingerprint density at radius 1 is 1.29 bits per heavy atom. The number of nitrogens with two attached hydrogens (primary N) is 1. The van der Waals surface area contributed by atoms with Gasteiger partial charge in [0.05, 0.1) is 12.1 Å². The van der Waals surface area contributed by atoms with Gasteiger partial charge >= 0.3 is 0 Å². The van der Waals surface area contributed by atoms with E-state index in [1.807, 2.05) is 0 Å². The van der Waals surface area contributed by atoms with Crippen LogP contribution in [0, 0.1) is 5.92 Å². The van der Waals surface area contributed by atoms with Crippen LogP contribution in [-0.4, -0.2) is 36.5 Å². The van der Waals surface area contributed by atoms with Gasteiger partial charge in [-0.3, -0.25) is 9.69 Å². The molecule has 0 radical (unpaired) electrons. The highest BCUT2D eigenvalue weighted by Gasteiger charge is 2.28. The van der Waals surface area contributed by atoms with E-state index in [0.717, 1.165) is 25.9 Å². The molecule has 0 aromatic carbocycles. The van der Waals surface area contributed by atoms with E-state index in [1.165, 1.54) is 19.1 Å². The van der Waals surface area contributed by atoms with Crippen molar-refractivity contribution in [2.45, 2.75) is 52.1 Å². The molecule has 1 aromatic rings. The number of furan rings is 1. The molecule has 1 amide bonds. The minimum atomic E-state index is -0.0707. The maximum Gasteiger partial charge on any atom is 0.254 e. The van der Waals surface area contributed by atoms with Crippen molar-refractivity contribution < 1.29 is 9.21 Å². The number of carbonyl (C=O) groups excluding carboxylic acids is 1. The molecule has 2 heterocycles. The summed E-state index contributed by atoms with van der Waals surface area (Å²) in [6, 6.07) is 2.15. The van der Waals surface area contributed by atoms with Crippen molar-refractivity contribution in [3.8, 4) is 0 Å². The summed E-state index contributed by atoms with van der Waals surface area (Å²) < 4.78 is 5.24. The summed E-state index contributed by atoms with van der Waals surface area (Å²) >= 11 is 0. The summed E-state index contributed by atoms with van der Waals surface area (Å²) in [6.07, 6.45) is 6.32. The second-order valence-corrected chi connectivity index (χ2v) is 6.10. The van der Waals surface area contributed by atoms with Crippen molar-refractivity contribution in [3.05, 3.63) is 23.7 Å². The van der Waals surface area contributed by atoms with Crippen molar-refractivity contribution >= 4 is 30.7 Å². The summed E-state index contributed by atoms with van der Waals surface area (Å²) in [5.41, 5.74) is 6.07. The van der Waals surface area contributed by atoms with Crippen molar-refractivity contribution in [2.75, 3.05) is 19.6 Å². The molecule has 0 bridgehead atoms. The molecule has 7 heteroatoms. The van der Waals surface area contributed by atoms with Gasteiger partial charge in [0.2, 0.25) is 0 Å². The smallest absolute Gasteiger partial charge is 0.254 e. The molecule has 1 saturated heterocycles. The number of rotatable bonds is 8. The summed E-state index contributed by atoms with van der Waals surface area (Å²) in [5.74, 6) is 1.20. The predicted molar refractivity (Wildman–Crippen MR) is 102 cm³/mol. The average Bonchev–Trinajstić information content (AvgIpc) is 3.22. The fraction of sp³-hybridized carbons (Fsp3) is 0.706. The van der Waals surface area contributed by atoms with Crippen molar-refractivity contribution in [3.63, 3.8) is 0 Å². The van der Waals surface area contributed by atoms with Crippen LogP contribution in [0.4, 0.5) is 0 Å². The van der Waals surface area contributed by atoms with Crippen LogP contribution < -0.4 is 11.1 Å². The first kappa shape index (κ1) is 23.2. The van der Waals surface area contributed by atoms with E-state index in [4.69, 9.17) is 10.2 Å². The molecule has 0 saturated carbocycles. The molecule has 1 aliphatic rings. The fourth-order valence-corrected chi connectivity index (χ4v) is 3.41. The summed E-state index contributed by atoms with van der Waals surface area (Å²) in [7, 11) is 0. The topological polar surface area (TPSA) is 71.5 Å². The molecular weight excluding hydrogens is 349 g/mol. The number of hydrogen-bond acceptors (Lipinski definition) is 4. The molecule has 1 aromatic heterocycles. The van der Waals surface area contributed by atoms with E-state index in [-0.39, 0.29) is 30.7 Å². The van der Waals surface area contributed by atoms with Gasteiger partial charge in [0.1, 0.15) is 12.0 Å². The highest BCUT2D eigenvalue weighted by molar-refractivity contribution is 5.94. The van der Waals surface area contributed by atoms with Gasteiger partial charge in [0.25, 0.3) is 5.91 Å². The molecule has 1 unspecified atom stereocenters. The Kier molecular flexibility index (Phi) is 11.4. The zero-order valence-corrected chi connectivity index (χ0v) is 16.3. The zero-order chi connectivity index (χ0) is 15.9. The normalized spacial score (nSPS) is 15.7. The minimum absolute atomic E-state index is 0. The SMILES string of the molecule is CCC(CC)C(CNC(=O)c1coc(CN)c1)N1CCCC1.Cl.Cl. The Morgan fingerprint density at radius 3 is 2.42 bits per heavy atom. The average molecular weight is 380 g/mol. The minimum Gasteiger partial charge on any atom is -0.467 e.